The van der Waals surface area contributed by atoms with Crippen LogP contribution in [0.4, 0.5) is 5.69 Å². The topological polar surface area (TPSA) is 36.0 Å². The molecule has 2 aromatic rings. The third kappa shape index (κ3) is 4.83. The Bertz CT molecular complexity index is 931. The van der Waals surface area contributed by atoms with Crippen molar-refractivity contribution in [2.45, 2.75) is 19.3 Å². The van der Waals surface area contributed by atoms with E-state index in [1.807, 2.05) is 36.4 Å². The molecular formula is C26H33N3O2. The van der Waals surface area contributed by atoms with Gasteiger partial charge >= 0.3 is 0 Å². The second-order valence-corrected chi connectivity index (χ2v) is 8.98. The third-order valence-electron chi connectivity index (χ3n) is 6.50. The van der Waals surface area contributed by atoms with E-state index in [0.29, 0.717) is 13.2 Å². The predicted octanol–water partition coefficient (Wildman–Crippen LogP) is 3.56. The van der Waals surface area contributed by atoms with Crippen molar-refractivity contribution in [3.63, 3.8) is 0 Å². The molecule has 0 unspecified atom stereocenters. The molecule has 2 aromatic carbocycles. The van der Waals surface area contributed by atoms with Crippen LogP contribution < -0.4 is 9.64 Å². The number of carbonyl (C=O) groups is 1. The van der Waals surface area contributed by atoms with Gasteiger partial charge in [0.15, 0.2) is 5.78 Å². The van der Waals surface area contributed by atoms with Crippen LogP contribution in [0.2, 0.25) is 0 Å². The Kier molecular flexibility index (Phi) is 6.44. The Balaban J connectivity index is 1.26. The van der Waals surface area contributed by atoms with E-state index in [9.17, 15) is 4.79 Å². The number of nitrogens with zero attached hydrogens (tertiary/aromatic N) is 3. The van der Waals surface area contributed by atoms with E-state index in [4.69, 9.17) is 4.74 Å². The molecule has 5 nitrogen and oxygen atoms in total. The van der Waals surface area contributed by atoms with Crippen molar-refractivity contribution in [3.8, 4) is 5.75 Å². The van der Waals surface area contributed by atoms with Crippen LogP contribution in [0.15, 0.2) is 66.4 Å². The standard InChI is InChI=1S/C26H33N3O2/c1-26(2)23-11-7-8-12-24(23)27(3)25(26)19-21(30)20-29-15-13-28(14-16-29)17-18-31-22-9-5-4-6-10-22/h4-12,19H,13-18,20H2,1-3H3/b25-19-. The first kappa shape index (κ1) is 21.6. The summed E-state index contributed by atoms with van der Waals surface area (Å²) >= 11 is 0. The number of piperazine rings is 1. The lowest BCUT2D eigenvalue weighted by molar-refractivity contribution is -0.116. The first-order valence-corrected chi connectivity index (χ1v) is 11.2. The zero-order chi connectivity index (χ0) is 21.8. The number of benzene rings is 2. The monoisotopic (exact) mass is 419 g/mol. The molecule has 2 heterocycles. The molecule has 4 rings (SSSR count). The van der Waals surface area contributed by atoms with Crippen LogP contribution in [0.1, 0.15) is 19.4 Å². The van der Waals surface area contributed by atoms with Crippen molar-refractivity contribution in [2.24, 2.45) is 0 Å². The number of ether oxygens (including phenoxy) is 1. The van der Waals surface area contributed by atoms with Gasteiger partial charge in [0.1, 0.15) is 12.4 Å². The molecule has 0 aliphatic carbocycles. The number of anilines is 1. The van der Waals surface area contributed by atoms with E-state index in [1.54, 1.807) is 0 Å². The number of ketones is 1. The lowest BCUT2D eigenvalue weighted by Crippen LogP contribution is -2.48. The lowest BCUT2D eigenvalue weighted by atomic mass is 9.83. The SMILES string of the molecule is CN1/C(=C\C(=O)CN2CCN(CCOc3ccccc3)CC2)C(C)(C)c2ccccc21. The minimum atomic E-state index is -0.154. The van der Waals surface area contributed by atoms with Crippen molar-refractivity contribution in [1.82, 2.24) is 9.80 Å². The van der Waals surface area contributed by atoms with Crippen molar-refractivity contribution < 1.29 is 9.53 Å². The first-order chi connectivity index (χ1) is 14.9. The second-order valence-electron chi connectivity index (χ2n) is 8.98. The summed E-state index contributed by atoms with van der Waals surface area (Å²) in [5, 5.41) is 0. The number of hydrogen-bond acceptors (Lipinski definition) is 5. The molecule has 31 heavy (non-hydrogen) atoms. The fourth-order valence-electron chi connectivity index (χ4n) is 4.66. The first-order valence-electron chi connectivity index (χ1n) is 11.2. The van der Waals surface area contributed by atoms with Crippen LogP contribution in [0.3, 0.4) is 0 Å². The van der Waals surface area contributed by atoms with Crippen LogP contribution in [-0.2, 0) is 10.2 Å². The van der Waals surface area contributed by atoms with Gasteiger partial charge in [0.2, 0.25) is 0 Å². The summed E-state index contributed by atoms with van der Waals surface area (Å²) < 4.78 is 5.81. The largest absolute Gasteiger partial charge is 0.492 e. The lowest BCUT2D eigenvalue weighted by Gasteiger charge is -2.34. The van der Waals surface area contributed by atoms with E-state index >= 15 is 0 Å². The molecule has 1 fully saturated rings. The van der Waals surface area contributed by atoms with Crippen molar-refractivity contribution in [3.05, 3.63) is 71.9 Å². The smallest absolute Gasteiger partial charge is 0.171 e. The summed E-state index contributed by atoms with van der Waals surface area (Å²) in [5.41, 5.74) is 3.40. The van der Waals surface area contributed by atoms with Crippen molar-refractivity contribution in [1.29, 1.82) is 0 Å². The van der Waals surface area contributed by atoms with E-state index < -0.39 is 0 Å². The quantitative estimate of drug-likeness (QED) is 0.642. The summed E-state index contributed by atoms with van der Waals surface area (Å²) in [4.78, 5) is 19.7. The van der Waals surface area contributed by atoms with Gasteiger partial charge in [-0.1, -0.05) is 50.2 Å². The molecule has 2 aliphatic rings. The van der Waals surface area contributed by atoms with Crippen LogP contribution in [0.25, 0.3) is 0 Å². The van der Waals surface area contributed by atoms with Crippen LogP contribution in [-0.4, -0.2) is 68.5 Å². The second kappa shape index (κ2) is 9.25. The molecule has 0 saturated carbocycles. The highest BCUT2D eigenvalue weighted by molar-refractivity contribution is 5.94. The van der Waals surface area contributed by atoms with Crippen molar-refractivity contribution in [2.75, 3.05) is 57.8 Å². The Morgan fingerprint density at radius 1 is 0.968 bits per heavy atom. The van der Waals surface area contributed by atoms with E-state index in [2.05, 4.69) is 59.9 Å². The molecule has 0 N–H and O–H groups in total. The molecular weight excluding hydrogens is 386 g/mol. The van der Waals surface area contributed by atoms with E-state index in [1.165, 1.54) is 11.3 Å². The zero-order valence-electron chi connectivity index (χ0n) is 18.9. The van der Waals surface area contributed by atoms with Gasteiger partial charge in [0.25, 0.3) is 0 Å². The molecule has 5 heteroatoms. The number of para-hydroxylation sites is 2. The van der Waals surface area contributed by atoms with Crippen molar-refractivity contribution >= 4 is 11.5 Å². The van der Waals surface area contributed by atoms with Gasteiger partial charge in [0.05, 0.1) is 6.54 Å². The predicted molar refractivity (Wildman–Crippen MR) is 126 cm³/mol. The Hall–Kier alpha value is -2.63. The molecule has 0 spiro atoms. The summed E-state index contributed by atoms with van der Waals surface area (Å²) in [6, 6.07) is 18.4. The Morgan fingerprint density at radius 3 is 2.32 bits per heavy atom. The fourth-order valence-corrected chi connectivity index (χ4v) is 4.66. The highest BCUT2D eigenvalue weighted by Crippen LogP contribution is 2.46. The van der Waals surface area contributed by atoms with E-state index in [-0.39, 0.29) is 11.2 Å². The van der Waals surface area contributed by atoms with Gasteiger partial charge in [0, 0.05) is 62.6 Å². The highest BCUT2D eigenvalue weighted by atomic mass is 16.5. The minimum Gasteiger partial charge on any atom is -0.492 e. The normalized spacial score (nSPS) is 20.1. The fraction of sp³-hybridized carbons (Fsp3) is 0.423. The number of allylic oxidation sites excluding steroid dienone is 1. The molecule has 0 radical (unpaired) electrons. The van der Waals surface area contributed by atoms with Crippen LogP contribution in [0.5, 0.6) is 5.75 Å². The molecule has 164 valence electrons. The zero-order valence-corrected chi connectivity index (χ0v) is 18.9. The summed E-state index contributed by atoms with van der Waals surface area (Å²) in [6.45, 7) is 10.3. The molecule has 2 aliphatic heterocycles. The number of fused-ring (bicyclic) bond motifs is 1. The summed E-state index contributed by atoms with van der Waals surface area (Å²) in [6.07, 6.45) is 1.86. The van der Waals surface area contributed by atoms with Gasteiger partial charge in [-0.3, -0.25) is 14.6 Å². The maximum Gasteiger partial charge on any atom is 0.171 e. The summed E-state index contributed by atoms with van der Waals surface area (Å²) in [7, 11) is 2.06. The number of hydrogen-bond donors (Lipinski definition) is 0. The molecule has 0 aromatic heterocycles. The molecule has 0 amide bonds. The number of likely N-dealkylation sites (N-methyl/N-ethyl adjacent to an activating group) is 1. The average Bonchev–Trinajstić information content (AvgIpc) is 2.97. The van der Waals surface area contributed by atoms with Crippen LogP contribution >= 0.6 is 0 Å². The van der Waals surface area contributed by atoms with Gasteiger partial charge in [-0.2, -0.15) is 0 Å². The van der Waals surface area contributed by atoms with Gasteiger partial charge in [-0.15, -0.1) is 0 Å². The van der Waals surface area contributed by atoms with E-state index in [0.717, 1.165) is 44.2 Å². The minimum absolute atomic E-state index is 0.154. The highest BCUT2D eigenvalue weighted by Gasteiger charge is 2.38. The van der Waals surface area contributed by atoms with Crippen LogP contribution in [0, 0.1) is 0 Å². The van der Waals surface area contributed by atoms with Gasteiger partial charge < -0.3 is 9.64 Å². The molecule has 1 saturated heterocycles. The molecule has 0 atom stereocenters. The Labute approximate surface area is 185 Å². The number of rotatable bonds is 7. The van der Waals surface area contributed by atoms with Gasteiger partial charge in [-0.05, 0) is 23.8 Å². The summed E-state index contributed by atoms with van der Waals surface area (Å²) in [5.74, 6) is 1.10. The number of carbonyl (C=O) groups excluding carboxylic acids is 1. The Morgan fingerprint density at radius 2 is 1.61 bits per heavy atom. The van der Waals surface area contributed by atoms with Gasteiger partial charge in [-0.25, -0.2) is 0 Å². The molecule has 0 bridgehead atoms. The average molecular weight is 420 g/mol. The maximum absolute atomic E-state index is 12.9. The third-order valence-corrected chi connectivity index (χ3v) is 6.50. The maximum atomic E-state index is 12.9.